The van der Waals surface area contributed by atoms with E-state index >= 15 is 0 Å². The molecule has 7 heteroatoms. The van der Waals surface area contributed by atoms with Crippen molar-refractivity contribution in [2.24, 2.45) is 0 Å². The van der Waals surface area contributed by atoms with E-state index < -0.39 is 6.10 Å². The third kappa shape index (κ3) is 7.09. The van der Waals surface area contributed by atoms with Gasteiger partial charge in [-0.05, 0) is 68.6 Å². The van der Waals surface area contributed by atoms with Crippen molar-refractivity contribution in [1.82, 2.24) is 16.2 Å². The largest absolute Gasteiger partial charge is 0.481 e. The third-order valence-electron chi connectivity index (χ3n) is 3.34. The number of hydrazine groups is 1. The summed E-state index contributed by atoms with van der Waals surface area (Å²) in [5.41, 5.74) is 7.40. The fourth-order valence-electron chi connectivity index (χ4n) is 1.78. The smallest absolute Gasteiger partial charge is 0.279 e. The van der Waals surface area contributed by atoms with Gasteiger partial charge in [-0.3, -0.25) is 15.6 Å². The Kier molecular flexibility index (Phi) is 8.79. The lowest BCUT2D eigenvalue weighted by Gasteiger charge is -2.18. The maximum Gasteiger partial charge on any atom is 0.279 e. The summed E-state index contributed by atoms with van der Waals surface area (Å²) >= 11 is 6.88. The second-order valence-corrected chi connectivity index (χ2v) is 6.57. The van der Waals surface area contributed by atoms with Crippen LogP contribution in [0.4, 0.5) is 0 Å². The Morgan fingerprint density at radius 1 is 1.35 bits per heavy atom. The van der Waals surface area contributed by atoms with Crippen LogP contribution in [-0.2, 0) is 4.79 Å². The van der Waals surface area contributed by atoms with Gasteiger partial charge in [0.2, 0.25) is 0 Å². The normalized spacial score (nSPS) is 11.5. The van der Waals surface area contributed by atoms with Gasteiger partial charge in [0.25, 0.3) is 5.91 Å². The summed E-state index contributed by atoms with van der Waals surface area (Å²) in [6.45, 7) is 6.46. The molecule has 1 amide bonds. The summed E-state index contributed by atoms with van der Waals surface area (Å²) in [6.07, 6.45) is 2.46. The van der Waals surface area contributed by atoms with Crippen LogP contribution in [0.15, 0.2) is 18.2 Å². The Bertz CT molecular complexity index is 538. The molecule has 23 heavy (non-hydrogen) atoms. The van der Waals surface area contributed by atoms with Crippen LogP contribution in [0.5, 0.6) is 5.75 Å². The minimum absolute atomic E-state index is 0.279. The quantitative estimate of drug-likeness (QED) is 0.396. The lowest BCUT2D eigenvalue weighted by Crippen LogP contribution is -2.50. The molecule has 0 radical (unpaired) electrons. The van der Waals surface area contributed by atoms with Crippen LogP contribution < -0.4 is 20.9 Å². The second kappa shape index (κ2) is 10.3. The topological polar surface area (TPSA) is 62.4 Å². The summed E-state index contributed by atoms with van der Waals surface area (Å²) in [5, 5.41) is 3.43. The maximum atomic E-state index is 12.0. The van der Waals surface area contributed by atoms with Crippen LogP contribution >= 0.6 is 24.0 Å². The van der Waals surface area contributed by atoms with E-state index in [9.17, 15) is 4.79 Å². The summed E-state index contributed by atoms with van der Waals surface area (Å²) < 4.78 is 5.71. The van der Waals surface area contributed by atoms with Gasteiger partial charge in [0, 0.05) is 6.54 Å². The van der Waals surface area contributed by atoms with Crippen molar-refractivity contribution in [2.45, 2.75) is 33.3 Å². The van der Waals surface area contributed by atoms with Crippen LogP contribution in [0.25, 0.3) is 0 Å². The van der Waals surface area contributed by atoms with Gasteiger partial charge in [0.15, 0.2) is 11.2 Å². The first-order chi connectivity index (χ1) is 11.0. The molecule has 0 heterocycles. The van der Waals surface area contributed by atoms with Crippen LogP contribution in [-0.4, -0.2) is 35.7 Å². The van der Waals surface area contributed by atoms with Crippen molar-refractivity contribution in [3.8, 4) is 5.75 Å². The number of hydrogen-bond acceptors (Lipinski definition) is 4. The molecule has 0 fully saturated rings. The first kappa shape index (κ1) is 19.6. The van der Waals surface area contributed by atoms with E-state index in [-0.39, 0.29) is 5.91 Å². The van der Waals surface area contributed by atoms with E-state index in [1.807, 2.05) is 32.0 Å². The van der Waals surface area contributed by atoms with Gasteiger partial charge >= 0.3 is 0 Å². The minimum atomic E-state index is -0.623. The average molecular weight is 356 g/mol. The number of rotatable bonds is 7. The van der Waals surface area contributed by atoms with Crippen molar-refractivity contribution in [1.29, 1.82) is 0 Å². The molecule has 5 nitrogen and oxygen atoms in total. The Hall–Kier alpha value is -1.47. The van der Waals surface area contributed by atoms with Crippen LogP contribution in [0, 0.1) is 13.8 Å². The van der Waals surface area contributed by atoms with E-state index in [2.05, 4.69) is 22.4 Å². The molecule has 1 atom stereocenters. The molecule has 0 aliphatic rings. The monoisotopic (exact) mass is 355 g/mol. The number of nitrogens with one attached hydrogen (secondary N) is 3. The molecular formula is C16H25N3O2S2. The molecule has 0 saturated heterocycles. The first-order valence-electron chi connectivity index (χ1n) is 7.51. The molecule has 0 bridgehead atoms. The van der Waals surface area contributed by atoms with E-state index in [4.69, 9.17) is 17.0 Å². The number of thioether (sulfide) groups is 1. The van der Waals surface area contributed by atoms with E-state index in [1.54, 1.807) is 18.7 Å². The molecule has 0 aromatic heterocycles. The predicted octanol–water partition coefficient (Wildman–Crippen LogP) is 2.32. The molecule has 0 saturated carbocycles. The van der Waals surface area contributed by atoms with Gasteiger partial charge in [0.1, 0.15) is 5.75 Å². The van der Waals surface area contributed by atoms with Crippen molar-refractivity contribution in [3.05, 3.63) is 29.3 Å². The lowest BCUT2D eigenvalue weighted by molar-refractivity contribution is -0.127. The second-order valence-electron chi connectivity index (χ2n) is 5.17. The molecule has 0 aliphatic carbocycles. The van der Waals surface area contributed by atoms with Crippen LogP contribution in [0.3, 0.4) is 0 Å². The van der Waals surface area contributed by atoms with E-state index in [1.165, 1.54) is 0 Å². The van der Waals surface area contributed by atoms with Crippen molar-refractivity contribution in [2.75, 3.05) is 18.6 Å². The highest BCUT2D eigenvalue weighted by Crippen LogP contribution is 2.21. The number of thiocarbonyl (C=S) groups is 1. The zero-order valence-corrected chi connectivity index (χ0v) is 15.7. The SMILES string of the molecule is CSCCCNC(=S)NNC(=O)[C@H](C)Oc1cccc(C)c1C. The maximum absolute atomic E-state index is 12.0. The first-order valence-corrected chi connectivity index (χ1v) is 9.31. The number of hydrogen-bond donors (Lipinski definition) is 3. The highest BCUT2D eigenvalue weighted by atomic mass is 32.2. The third-order valence-corrected chi connectivity index (χ3v) is 4.28. The molecule has 0 spiro atoms. The van der Waals surface area contributed by atoms with Crippen molar-refractivity contribution in [3.63, 3.8) is 0 Å². The zero-order valence-electron chi connectivity index (χ0n) is 14.1. The van der Waals surface area contributed by atoms with Gasteiger partial charge in [-0.15, -0.1) is 0 Å². The number of carbonyl (C=O) groups excluding carboxylic acids is 1. The Morgan fingerprint density at radius 2 is 2.09 bits per heavy atom. The van der Waals surface area contributed by atoms with Crippen LogP contribution in [0.1, 0.15) is 24.5 Å². The molecule has 0 aliphatic heterocycles. The summed E-state index contributed by atoms with van der Waals surface area (Å²) in [7, 11) is 0. The molecule has 1 aromatic carbocycles. The van der Waals surface area contributed by atoms with Gasteiger partial charge in [-0.1, -0.05) is 12.1 Å². The number of amides is 1. The van der Waals surface area contributed by atoms with Crippen LogP contribution in [0.2, 0.25) is 0 Å². The van der Waals surface area contributed by atoms with Gasteiger partial charge in [-0.2, -0.15) is 11.8 Å². The number of carbonyl (C=O) groups is 1. The Balaban J connectivity index is 2.36. The summed E-state index contributed by atoms with van der Waals surface area (Å²) in [4.78, 5) is 12.0. The van der Waals surface area contributed by atoms with Crippen molar-refractivity contribution >= 4 is 35.0 Å². The molecule has 0 unspecified atom stereocenters. The van der Waals surface area contributed by atoms with E-state index in [0.29, 0.717) is 10.9 Å². The van der Waals surface area contributed by atoms with Crippen molar-refractivity contribution < 1.29 is 9.53 Å². The predicted molar refractivity (Wildman–Crippen MR) is 101 cm³/mol. The standard InChI is InChI=1S/C16H25N3O2S2/c1-11-7-5-8-14(12(11)2)21-13(3)15(20)18-19-16(22)17-9-6-10-23-4/h5,7-8,13H,6,9-10H2,1-4H3,(H,18,20)(H2,17,19,22)/t13-/m0/s1. The molecule has 1 rings (SSSR count). The molecule has 128 valence electrons. The average Bonchev–Trinajstić information content (AvgIpc) is 2.53. The zero-order chi connectivity index (χ0) is 17.2. The fraction of sp³-hybridized carbons (Fsp3) is 0.500. The Morgan fingerprint density at radius 3 is 2.78 bits per heavy atom. The molecule has 3 N–H and O–H groups in total. The van der Waals surface area contributed by atoms with E-state index in [0.717, 1.165) is 29.8 Å². The summed E-state index contributed by atoms with van der Waals surface area (Å²) in [6, 6.07) is 5.78. The number of aryl methyl sites for hydroxylation is 1. The minimum Gasteiger partial charge on any atom is -0.481 e. The van der Waals surface area contributed by atoms with Gasteiger partial charge < -0.3 is 10.1 Å². The summed E-state index contributed by atoms with van der Waals surface area (Å²) in [5.74, 6) is 1.51. The van der Waals surface area contributed by atoms with Gasteiger partial charge in [0.05, 0.1) is 0 Å². The number of ether oxygens (including phenoxy) is 1. The Labute approximate surface area is 147 Å². The lowest BCUT2D eigenvalue weighted by atomic mass is 10.1. The highest BCUT2D eigenvalue weighted by Gasteiger charge is 2.16. The molecule has 1 aromatic rings. The highest BCUT2D eigenvalue weighted by molar-refractivity contribution is 7.98. The molecular weight excluding hydrogens is 330 g/mol. The number of benzene rings is 1. The fourth-order valence-corrected chi connectivity index (χ4v) is 2.36. The van der Waals surface area contributed by atoms with Gasteiger partial charge in [-0.25, -0.2) is 0 Å².